The summed E-state index contributed by atoms with van der Waals surface area (Å²) in [6.07, 6.45) is 11.9. The Morgan fingerprint density at radius 1 is 1.07 bits per heavy atom. The van der Waals surface area contributed by atoms with E-state index in [1.807, 2.05) is 61.9 Å². The maximum absolute atomic E-state index is 6.04. The SMILES string of the molecule is CN[N+]12C=CN=CC1=C(C1=CC=C1)N=C2c1cccc(OCc2ccccc2)c1. The highest BCUT2D eigenvalue weighted by molar-refractivity contribution is 6.01. The standard InChI is InChI=1S/C24H21N4O/c1-25-28-14-13-26-16-22(28)23(19-9-5-10-19)27-24(28)20-11-6-12-21(15-20)29-17-18-7-3-2-4-8-18/h2-16,25H,17H2,1H3/q+1. The fourth-order valence-electron chi connectivity index (χ4n) is 3.68. The van der Waals surface area contributed by atoms with Gasteiger partial charge in [0.1, 0.15) is 24.3 Å². The highest BCUT2D eigenvalue weighted by Crippen LogP contribution is 2.37. The summed E-state index contributed by atoms with van der Waals surface area (Å²) in [7, 11) is 1.93. The minimum Gasteiger partial charge on any atom is -0.489 e. The third kappa shape index (κ3) is 2.97. The number of nitrogens with one attached hydrogen (secondary N) is 1. The molecule has 0 spiro atoms. The number of hydrogen-bond donors (Lipinski definition) is 1. The smallest absolute Gasteiger partial charge is 0.265 e. The third-order valence-corrected chi connectivity index (χ3v) is 5.27. The lowest BCUT2D eigenvalue weighted by molar-refractivity contribution is -0.786. The summed E-state index contributed by atoms with van der Waals surface area (Å²) >= 11 is 0. The van der Waals surface area contributed by atoms with E-state index in [9.17, 15) is 0 Å². The van der Waals surface area contributed by atoms with Gasteiger partial charge in [-0.2, -0.15) is 10.4 Å². The van der Waals surface area contributed by atoms with Crippen LogP contribution in [0.2, 0.25) is 0 Å². The van der Waals surface area contributed by atoms with E-state index in [1.165, 1.54) is 0 Å². The van der Waals surface area contributed by atoms with Crippen LogP contribution in [0.4, 0.5) is 0 Å². The molecule has 0 saturated carbocycles. The van der Waals surface area contributed by atoms with E-state index in [0.29, 0.717) is 11.2 Å². The van der Waals surface area contributed by atoms with Gasteiger partial charge in [0.25, 0.3) is 5.84 Å². The van der Waals surface area contributed by atoms with E-state index in [1.54, 1.807) is 6.20 Å². The first-order valence-corrected chi connectivity index (χ1v) is 9.59. The minimum absolute atomic E-state index is 0.326. The van der Waals surface area contributed by atoms with Crippen LogP contribution >= 0.6 is 0 Å². The molecule has 0 radical (unpaired) electrons. The highest BCUT2D eigenvalue weighted by atomic mass is 16.5. The van der Waals surface area contributed by atoms with Crippen molar-refractivity contribution in [3.63, 3.8) is 0 Å². The zero-order chi connectivity index (χ0) is 19.7. The first kappa shape index (κ1) is 17.6. The van der Waals surface area contributed by atoms with E-state index in [2.05, 4.69) is 40.8 Å². The Morgan fingerprint density at radius 2 is 1.93 bits per heavy atom. The summed E-state index contributed by atoms with van der Waals surface area (Å²) in [5.41, 5.74) is 8.63. The molecule has 0 aromatic heterocycles. The van der Waals surface area contributed by atoms with Crippen LogP contribution in [0.3, 0.4) is 0 Å². The topological polar surface area (TPSA) is 46.0 Å². The van der Waals surface area contributed by atoms with E-state index in [-0.39, 0.29) is 0 Å². The molecule has 1 unspecified atom stereocenters. The second kappa shape index (κ2) is 7.13. The molecule has 0 fully saturated rings. The number of ether oxygens (including phenoxy) is 1. The Balaban J connectivity index is 1.49. The van der Waals surface area contributed by atoms with E-state index >= 15 is 0 Å². The van der Waals surface area contributed by atoms with Crippen LogP contribution < -0.4 is 10.2 Å². The number of amidine groups is 1. The van der Waals surface area contributed by atoms with Crippen LogP contribution in [-0.2, 0) is 6.61 Å². The Labute approximate surface area is 169 Å². The minimum atomic E-state index is 0.326. The lowest BCUT2D eigenvalue weighted by Gasteiger charge is -2.30. The molecule has 1 aliphatic carbocycles. The molecule has 29 heavy (non-hydrogen) atoms. The summed E-state index contributed by atoms with van der Waals surface area (Å²) in [6.45, 7) is 0.530. The van der Waals surface area contributed by atoms with Crippen LogP contribution in [-0.4, -0.2) is 23.7 Å². The lowest BCUT2D eigenvalue weighted by Crippen LogP contribution is -2.55. The van der Waals surface area contributed by atoms with Crippen molar-refractivity contribution in [3.05, 3.63) is 113 Å². The van der Waals surface area contributed by atoms with Crippen molar-refractivity contribution in [3.8, 4) is 5.75 Å². The first-order chi connectivity index (χ1) is 14.3. The van der Waals surface area contributed by atoms with Gasteiger partial charge in [-0.05, 0) is 23.8 Å². The molecule has 0 amide bonds. The fourth-order valence-corrected chi connectivity index (χ4v) is 3.68. The van der Waals surface area contributed by atoms with Crippen molar-refractivity contribution in [1.82, 2.24) is 5.43 Å². The van der Waals surface area contributed by atoms with Gasteiger partial charge in [0.15, 0.2) is 0 Å². The predicted molar refractivity (Wildman–Crippen MR) is 115 cm³/mol. The number of rotatable bonds is 6. The van der Waals surface area contributed by atoms with E-state index in [4.69, 9.17) is 9.73 Å². The van der Waals surface area contributed by atoms with Crippen LogP contribution in [0, 0.1) is 0 Å². The number of fused-ring (bicyclic) bond motifs is 1. The van der Waals surface area contributed by atoms with Gasteiger partial charge in [0, 0.05) is 12.6 Å². The quantitative estimate of drug-likeness (QED) is 0.761. The van der Waals surface area contributed by atoms with Crippen molar-refractivity contribution in [2.75, 3.05) is 7.05 Å². The first-order valence-electron chi connectivity index (χ1n) is 9.59. The van der Waals surface area contributed by atoms with Gasteiger partial charge in [-0.1, -0.05) is 54.6 Å². The number of allylic oxidation sites excluding steroid dienone is 4. The lowest BCUT2D eigenvalue weighted by atomic mass is 10.0. The average molecular weight is 381 g/mol. The Hall–Kier alpha value is -3.54. The molecule has 3 aliphatic rings. The monoisotopic (exact) mass is 381 g/mol. The number of aliphatic imine (C=N–C) groups is 2. The Morgan fingerprint density at radius 3 is 2.69 bits per heavy atom. The largest absolute Gasteiger partial charge is 0.489 e. The van der Waals surface area contributed by atoms with Crippen molar-refractivity contribution in [1.29, 1.82) is 0 Å². The van der Waals surface area contributed by atoms with Gasteiger partial charge in [-0.25, -0.2) is 0 Å². The van der Waals surface area contributed by atoms with Gasteiger partial charge in [0.05, 0.1) is 18.0 Å². The van der Waals surface area contributed by atoms with Crippen LogP contribution in [0.5, 0.6) is 5.75 Å². The molecule has 0 bridgehead atoms. The molecular formula is C24H21N4O+. The molecule has 2 heterocycles. The van der Waals surface area contributed by atoms with Crippen LogP contribution in [0.1, 0.15) is 11.1 Å². The maximum atomic E-state index is 6.04. The number of nitrogens with zero attached hydrogens (tertiary/aromatic N) is 3. The van der Waals surface area contributed by atoms with E-state index < -0.39 is 0 Å². The van der Waals surface area contributed by atoms with Crippen molar-refractivity contribution >= 4 is 12.1 Å². The van der Waals surface area contributed by atoms with Gasteiger partial charge in [-0.3, -0.25) is 4.99 Å². The number of benzene rings is 2. The molecule has 1 atom stereocenters. The predicted octanol–water partition coefficient (Wildman–Crippen LogP) is 4.24. The molecular weight excluding hydrogens is 360 g/mol. The molecule has 2 aromatic rings. The molecule has 2 aromatic carbocycles. The molecule has 1 N–H and O–H groups in total. The number of hydrogen-bond acceptors (Lipinski definition) is 4. The van der Waals surface area contributed by atoms with Gasteiger partial charge >= 0.3 is 0 Å². The van der Waals surface area contributed by atoms with Crippen molar-refractivity contribution in [2.45, 2.75) is 6.61 Å². The van der Waals surface area contributed by atoms with Gasteiger partial charge in [-0.15, -0.1) is 4.59 Å². The molecule has 142 valence electrons. The third-order valence-electron chi connectivity index (χ3n) is 5.27. The second-order valence-corrected chi connectivity index (χ2v) is 6.98. The zero-order valence-corrected chi connectivity index (χ0v) is 16.1. The fraction of sp³-hybridized carbons (Fsp3) is 0.0833. The average Bonchev–Trinajstić information content (AvgIpc) is 3.07. The zero-order valence-electron chi connectivity index (χ0n) is 16.1. The summed E-state index contributed by atoms with van der Waals surface area (Å²) in [6, 6.07) is 18.3. The maximum Gasteiger partial charge on any atom is 0.265 e. The van der Waals surface area contributed by atoms with Gasteiger partial charge in [0.2, 0.25) is 5.70 Å². The second-order valence-electron chi connectivity index (χ2n) is 6.98. The van der Waals surface area contributed by atoms with E-state index in [0.717, 1.165) is 39.7 Å². The molecule has 0 saturated heterocycles. The molecule has 5 rings (SSSR count). The molecule has 5 nitrogen and oxygen atoms in total. The summed E-state index contributed by atoms with van der Waals surface area (Å²) < 4.78 is 6.36. The van der Waals surface area contributed by atoms with Crippen LogP contribution in [0.25, 0.3) is 0 Å². The highest BCUT2D eigenvalue weighted by Gasteiger charge is 2.46. The summed E-state index contributed by atoms with van der Waals surface area (Å²) in [4.78, 5) is 9.36. The number of quaternary nitrogens is 1. The Bertz CT molecular complexity index is 1140. The summed E-state index contributed by atoms with van der Waals surface area (Å²) in [5, 5.41) is 0. The summed E-state index contributed by atoms with van der Waals surface area (Å²) in [5.74, 6) is 1.71. The molecule has 2 aliphatic heterocycles. The van der Waals surface area contributed by atoms with Crippen molar-refractivity contribution < 1.29 is 9.33 Å². The van der Waals surface area contributed by atoms with Crippen LogP contribution in [0.15, 0.2) is 112 Å². The normalized spacial score (nSPS) is 21.6. The van der Waals surface area contributed by atoms with Crippen molar-refractivity contribution in [2.24, 2.45) is 9.98 Å². The molecule has 5 heteroatoms. The Kier molecular flexibility index (Phi) is 4.31. The van der Waals surface area contributed by atoms with Gasteiger partial charge < -0.3 is 4.74 Å².